The number of rotatable bonds is 14. The van der Waals surface area contributed by atoms with Gasteiger partial charge in [-0.1, -0.05) is 27.7 Å². The van der Waals surface area contributed by atoms with Crippen LogP contribution in [0.25, 0.3) is 0 Å². The van der Waals surface area contributed by atoms with Crippen LogP contribution in [-0.2, 0) is 23.9 Å². The molecular weight excluding hydrogens is 737 g/mol. The van der Waals surface area contributed by atoms with E-state index in [0.717, 1.165) is 44.9 Å². The summed E-state index contributed by atoms with van der Waals surface area (Å²) >= 11 is 1.49. The lowest BCUT2D eigenvalue weighted by atomic mass is 9.43. The average Bonchev–Trinajstić information content (AvgIpc) is 3.52. The molecule has 0 radical (unpaired) electrons. The highest BCUT2D eigenvalue weighted by atomic mass is 32.2. The van der Waals surface area contributed by atoms with Crippen LogP contribution in [0.4, 0.5) is 4.79 Å². The molecule has 0 aromatic rings. The van der Waals surface area contributed by atoms with Gasteiger partial charge in [0.1, 0.15) is 29.9 Å². The van der Waals surface area contributed by atoms with E-state index in [1.54, 1.807) is 6.92 Å². The molecule has 0 spiro atoms. The van der Waals surface area contributed by atoms with Crippen LogP contribution in [0.2, 0.25) is 0 Å². The molecule has 0 aromatic heterocycles. The van der Waals surface area contributed by atoms with E-state index in [1.807, 2.05) is 6.92 Å². The number of nitrogens with zero attached hydrogens (tertiary/aromatic N) is 1. The van der Waals surface area contributed by atoms with Crippen molar-refractivity contribution in [1.82, 2.24) is 20.9 Å². The molecule has 13 nitrogen and oxygen atoms in total. The highest BCUT2D eigenvalue weighted by molar-refractivity contribution is 8.00. The zero-order valence-corrected chi connectivity index (χ0v) is 34.6. The number of amides is 4. The van der Waals surface area contributed by atoms with E-state index in [-0.39, 0.29) is 72.2 Å². The number of alkyl carbamates (subject to hydrolysis) is 1. The van der Waals surface area contributed by atoms with Crippen LogP contribution in [0.5, 0.6) is 0 Å². The van der Waals surface area contributed by atoms with Gasteiger partial charge in [0.15, 0.2) is 0 Å². The van der Waals surface area contributed by atoms with Crippen molar-refractivity contribution >= 4 is 35.6 Å². The number of carbonyl (C=O) groups is 4. The third-order valence-corrected chi connectivity index (χ3v) is 16.2. The quantitative estimate of drug-likeness (QED) is 0.0656. The van der Waals surface area contributed by atoms with Crippen molar-refractivity contribution < 1.29 is 44.0 Å². The van der Waals surface area contributed by atoms with Gasteiger partial charge in [0, 0.05) is 25.2 Å². The fourth-order valence-corrected chi connectivity index (χ4v) is 13.2. The third-order valence-electron chi connectivity index (χ3n) is 14.7. The maximum absolute atomic E-state index is 13.5. The maximum atomic E-state index is 13.5. The van der Waals surface area contributed by atoms with Gasteiger partial charge in [0.25, 0.3) is 11.8 Å². The van der Waals surface area contributed by atoms with Crippen molar-refractivity contribution in [1.29, 1.82) is 0 Å². The Labute approximate surface area is 336 Å². The molecule has 312 valence electrons. The monoisotopic (exact) mass is 800 g/mol. The molecule has 4 aliphatic carbocycles. The average molecular weight is 801 g/mol. The minimum absolute atomic E-state index is 0.00120. The molecule has 14 unspecified atom stereocenters. The normalized spacial score (nSPS) is 38.4. The third kappa shape index (κ3) is 8.09. The van der Waals surface area contributed by atoms with Gasteiger partial charge in [-0.25, -0.2) is 4.79 Å². The molecule has 2 heterocycles. The van der Waals surface area contributed by atoms with Gasteiger partial charge in [-0.05, 0) is 117 Å². The van der Waals surface area contributed by atoms with Crippen LogP contribution in [0.3, 0.4) is 0 Å². The summed E-state index contributed by atoms with van der Waals surface area (Å²) in [5, 5.41) is 41.3. The fourth-order valence-electron chi connectivity index (χ4n) is 11.9. The number of ether oxygens (including phenoxy) is 2. The lowest BCUT2D eigenvalue weighted by Gasteiger charge is -2.63. The van der Waals surface area contributed by atoms with Gasteiger partial charge in [0.2, 0.25) is 5.91 Å². The van der Waals surface area contributed by atoms with Gasteiger partial charge in [-0.2, -0.15) is 0 Å². The minimum atomic E-state index is -0.923. The molecule has 5 fully saturated rings. The van der Waals surface area contributed by atoms with E-state index in [4.69, 9.17) is 15.9 Å². The first-order chi connectivity index (χ1) is 26.7. The van der Waals surface area contributed by atoms with Gasteiger partial charge < -0.3 is 40.7 Å². The Morgan fingerprint density at radius 3 is 2.46 bits per heavy atom. The molecule has 6 aliphatic rings. The molecule has 14 atom stereocenters. The maximum Gasteiger partial charge on any atom is 0.408 e. The minimum Gasteiger partial charge on any atom is -0.447 e. The number of terminal acetylenes is 1. The first kappa shape index (κ1) is 42.8. The number of β-lactam (4-membered cyclic amide) rings is 1. The Balaban J connectivity index is 1.01. The predicted octanol–water partition coefficient (Wildman–Crippen LogP) is 3.66. The largest absolute Gasteiger partial charge is 0.447 e. The first-order valence-electron chi connectivity index (χ1n) is 20.9. The number of fused-ring (bicyclic) bond motifs is 6. The number of carbonyl (C=O) groups excluding carboxylic acids is 4. The van der Waals surface area contributed by atoms with Crippen LogP contribution >= 0.6 is 11.8 Å². The van der Waals surface area contributed by atoms with Crippen LogP contribution in [0.15, 0.2) is 11.3 Å². The number of hydrogen-bond acceptors (Lipinski definition) is 10. The summed E-state index contributed by atoms with van der Waals surface area (Å²) in [6, 6.07) is -0.753. The predicted molar refractivity (Wildman–Crippen MR) is 211 cm³/mol. The van der Waals surface area contributed by atoms with Crippen molar-refractivity contribution in [2.75, 3.05) is 25.6 Å². The first-order valence-corrected chi connectivity index (χ1v) is 21.9. The summed E-state index contributed by atoms with van der Waals surface area (Å²) in [5.41, 5.74) is 0.807. The summed E-state index contributed by atoms with van der Waals surface area (Å²) in [4.78, 5) is 54.2. The van der Waals surface area contributed by atoms with Crippen molar-refractivity contribution in [2.45, 2.75) is 141 Å². The molecule has 1 saturated heterocycles. The molecule has 6 N–H and O–H groups in total. The van der Waals surface area contributed by atoms with E-state index >= 15 is 0 Å². The second-order valence-electron chi connectivity index (χ2n) is 18.0. The summed E-state index contributed by atoms with van der Waals surface area (Å²) in [6.07, 6.45) is 9.86. The number of hydrogen-bond donors (Lipinski definition) is 6. The Hall–Kier alpha value is -2.83. The number of aliphatic hydroxyl groups is 3. The van der Waals surface area contributed by atoms with Crippen LogP contribution in [0, 0.1) is 58.7 Å². The topological polar surface area (TPSA) is 187 Å². The SMILES string of the molecule is C#CCC(NC(=O)OCCOCCC)NC(=O)C1=C(C)CSC2C(NC(=O)CCC(C)C3CCC4C5C(O)C(O)C6CC(O)CCC6(C)C5CCC34C)C(=O)N12. The van der Waals surface area contributed by atoms with E-state index in [9.17, 15) is 34.5 Å². The molecule has 6 rings (SSSR count). The lowest BCUT2D eigenvalue weighted by Crippen LogP contribution is -2.71. The molecule has 0 bridgehead atoms. The van der Waals surface area contributed by atoms with Crippen LogP contribution in [0.1, 0.15) is 105 Å². The highest BCUT2D eigenvalue weighted by Crippen LogP contribution is 2.68. The standard InChI is InChI=1S/C42H64N4O9S/c1-7-9-30(44-40(53)55-20-19-54-18-8-2)43-37(51)34-24(4)22-56-39-33(38(52)46(34)39)45-31(48)13-10-23(3)26-11-12-27-32-28(15-17-41(26,27)5)42(6)16-14-25(47)21-29(42)35(49)36(32)50/h1,23,25-30,32-33,35-36,39,47,49-50H,8-22H2,2-6H3,(H,43,51)(H,44,53)(H,45,48). The number of aliphatic hydroxyl groups excluding tert-OH is 3. The molecule has 0 aromatic carbocycles. The molecule has 14 heteroatoms. The van der Waals surface area contributed by atoms with E-state index < -0.39 is 47.9 Å². The molecule has 4 saturated carbocycles. The van der Waals surface area contributed by atoms with E-state index in [2.05, 4.69) is 42.6 Å². The summed E-state index contributed by atoms with van der Waals surface area (Å²) < 4.78 is 10.5. The van der Waals surface area contributed by atoms with Crippen molar-refractivity contribution in [3.8, 4) is 12.3 Å². The fraction of sp³-hybridized carbons (Fsp3) is 0.810. The Morgan fingerprint density at radius 2 is 1.73 bits per heavy atom. The summed E-state index contributed by atoms with van der Waals surface area (Å²) in [6.45, 7) is 11.5. The second-order valence-corrected chi connectivity index (χ2v) is 19.1. The Bertz CT molecular complexity index is 1570. The van der Waals surface area contributed by atoms with Gasteiger partial charge in [-0.15, -0.1) is 24.1 Å². The molecular formula is C42H64N4O9S. The summed E-state index contributed by atoms with van der Waals surface area (Å²) in [7, 11) is 0. The smallest absolute Gasteiger partial charge is 0.408 e. The molecule has 4 amide bonds. The zero-order valence-electron chi connectivity index (χ0n) is 33.8. The lowest BCUT2D eigenvalue weighted by molar-refractivity contribution is -0.223. The molecule has 56 heavy (non-hydrogen) atoms. The van der Waals surface area contributed by atoms with Crippen LogP contribution < -0.4 is 16.0 Å². The van der Waals surface area contributed by atoms with Gasteiger partial charge >= 0.3 is 6.09 Å². The number of nitrogens with one attached hydrogen (secondary N) is 3. The van der Waals surface area contributed by atoms with Crippen molar-refractivity contribution in [3.63, 3.8) is 0 Å². The Kier molecular flexibility index (Phi) is 13.4. The zero-order chi connectivity index (χ0) is 40.5. The summed E-state index contributed by atoms with van der Waals surface area (Å²) in [5.74, 6) is 3.02. The van der Waals surface area contributed by atoms with Crippen molar-refractivity contribution in [2.24, 2.45) is 46.3 Å². The number of thioether (sulfide) groups is 1. The van der Waals surface area contributed by atoms with Gasteiger partial charge in [0.05, 0.1) is 24.9 Å². The highest BCUT2D eigenvalue weighted by Gasteiger charge is 2.65. The van der Waals surface area contributed by atoms with E-state index in [0.29, 0.717) is 48.5 Å². The van der Waals surface area contributed by atoms with E-state index in [1.165, 1.54) is 16.7 Å². The van der Waals surface area contributed by atoms with Gasteiger partial charge in [-0.3, -0.25) is 19.3 Å². The van der Waals surface area contributed by atoms with Crippen molar-refractivity contribution in [3.05, 3.63) is 11.3 Å². The Morgan fingerprint density at radius 1 is 1.00 bits per heavy atom. The second kappa shape index (κ2) is 17.6. The van der Waals surface area contributed by atoms with Crippen LogP contribution in [-0.4, -0.2) is 106 Å². The molecule has 2 aliphatic heterocycles.